The number of rotatable bonds is 7. The van der Waals surface area contributed by atoms with Gasteiger partial charge < -0.3 is 21.1 Å². The van der Waals surface area contributed by atoms with E-state index in [-0.39, 0.29) is 41.4 Å². The summed E-state index contributed by atoms with van der Waals surface area (Å²) in [7, 11) is -2.43. The molecule has 0 saturated carbocycles. The van der Waals surface area contributed by atoms with Crippen molar-refractivity contribution in [2.45, 2.75) is 19.4 Å². The number of ether oxygens (including phenoxy) is 1. The second-order valence-corrected chi connectivity index (χ2v) is 9.68. The SMILES string of the molecule is CNC(=O)c1cn(-c2nccc(C(=O)NC(C)(C)COc3cccc4c3C(N)=NS(=O)(=O)N4)n2)cn1. The smallest absolute Gasteiger partial charge is 0.344 e. The van der Waals surface area contributed by atoms with Crippen LogP contribution in [0.4, 0.5) is 5.69 Å². The molecule has 0 atom stereocenters. The van der Waals surface area contributed by atoms with E-state index in [1.807, 2.05) is 0 Å². The second-order valence-electron chi connectivity index (χ2n) is 8.35. The van der Waals surface area contributed by atoms with Crippen molar-refractivity contribution in [2.75, 3.05) is 18.4 Å². The Bertz CT molecular complexity index is 1480. The van der Waals surface area contributed by atoms with Crippen LogP contribution >= 0.6 is 0 Å². The number of carbonyl (C=O) groups excluding carboxylic acids is 2. The zero-order valence-corrected chi connectivity index (χ0v) is 20.3. The summed E-state index contributed by atoms with van der Waals surface area (Å²) in [6.45, 7) is 3.51. The fourth-order valence-electron chi connectivity index (χ4n) is 3.28. The van der Waals surface area contributed by atoms with Crippen LogP contribution in [0.5, 0.6) is 5.75 Å². The Balaban J connectivity index is 1.46. The number of amidine groups is 1. The average molecular weight is 514 g/mol. The number of benzene rings is 1. The second kappa shape index (κ2) is 9.26. The van der Waals surface area contributed by atoms with E-state index in [1.165, 1.54) is 36.4 Å². The first kappa shape index (κ1) is 24.6. The summed E-state index contributed by atoms with van der Waals surface area (Å²) in [6.07, 6.45) is 4.23. The third-order valence-corrected chi connectivity index (χ3v) is 5.84. The van der Waals surface area contributed by atoms with Crippen LogP contribution in [0.15, 0.2) is 47.4 Å². The van der Waals surface area contributed by atoms with Gasteiger partial charge in [0.05, 0.1) is 16.8 Å². The highest BCUT2D eigenvalue weighted by Gasteiger charge is 2.27. The molecule has 0 bridgehead atoms. The molecular formula is C21H23N9O5S. The Morgan fingerprint density at radius 1 is 1.17 bits per heavy atom. The summed E-state index contributed by atoms with van der Waals surface area (Å²) in [5, 5.41) is 5.31. The van der Waals surface area contributed by atoms with Crippen LogP contribution in [0, 0.1) is 0 Å². The number of hydrogen-bond acceptors (Lipinski definition) is 9. The number of hydrogen-bond donors (Lipinski definition) is 4. The van der Waals surface area contributed by atoms with Crippen LogP contribution in [-0.2, 0) is 10.2 Å². The molecule has 2 aromatic heterocycles. The third kappa shape index (κ3) is 5.25. The molecular weight excluding hydrogens is 490 g/mol. The maximum atomic E-state index is 12.9. The highest BCUT2D eigenvalue weighted by Crippen LogP contribution is 2.30. The van der Waals surface area contributed by atoms with E-state index in [4.69, 9.17) is 10.5 Å². The first-order valence-electron chi connectivity index (χ1n) is 10.5. The summed E-state index contributed by atoms with van der Waals surface area (Å²) >= 11 is 0. The van der Waals surface area contributed by atoms with Gasteiger partial charge in [0.2, 0.25) is 5.95 Å². The number of nitrogens with zero attached hydrogens (tertiary/aromatic N) is 5. The molecule has 3 aromatic rings. The molecule has 0 fully saturated rings. The molecule has 0 saturated heterocycles. The Morgan fingerprint density at radius 2 is 1.94 bits per heavy atom. The van der Waals surface area contributed by atoms with Crippen molar-refractivity contribution in [2.24, 2.45) is 10.1 Å². The maximum Gasteiger partial charge on any atom is 0.344 e. The van der Waals surface area contributed by atoms with Crippen LogP contribution in [-0.4, -0.2) is 64.8 Å². The molecule has 5 N–H and O–H groups in total. The van der Waals surface area contributed by atoms with Crippen LogP contribution < -0.4 is 25.8 Å². The van der Waals surface area contributed by atoms with Gasteiger partial charge in [0.15, 0.2) is 5.84 Å². The summed E-state index contributed by atoms with van der Waals surface area (Å²) in [4.78, 5) is 37.0. The number of anilines is 1. The van der Waals surface area contributed by atoms with Gasteiger partial charge in [-0.2, -0.15) is 8.42 Å². The topological polar surface area (TPSA) is 196 Å². The minimum atomic E-state index is -3.92. The van der Waals surface area contributed by atoms with E-state index in [1.54, 1.807) is 32.0 Å². The number of amides is 2. The highest BCUT2D eigenvalue weighted by atomic mass is 32.2. The molecule has 1 aliphatic rings. The molecule has 0 spiro atoms. The van der Waals surface area contributed by atoms with E-state index >= 15 is 0 Å². The molecule has 1 aliphatic heterocycles. The molecule has 1 aromatic carbocycles. The van der Waals surface area contributed by atoms with Crippen molar-refractivity contribution in [1.82, 2.24) is 30.2 Å². The summed E-state index contributed by atoms with van der Waals surface area (Å²) in [6, 6.07) is 6.21. The van der Waals surface area contributed by atoms with E-state index < -0.39 is 21.7 Å². The zero-order chi connectivity index (χ0) is 26.1. The lowest BCUT2D eigenvalue weighted by atomic mass is 10.1. The van der Waals surface area contributed by atoms with Crippen molar-refractivity contribution >= 4 is 33.5 Å². The number of nitrogens with one attached hydrogen (secondary N) is 3. The molecule has 0 radical (unpaired) electrons. The molecule has 2 amide bonds. The quantitative estimate of drug-likeness (QED) is 0.336. The van der Waals surface area contributed by atoms with Gasteiger partial charge in [-0.15, -0.1) is 4.40 Å². The van der Waals surface area contributed by atoms with Crippen LogP contribution in [0.1, 0.15) is 40.4 Å². The van der Waals surface area contributed by atoms with Gasteiger partial charge in [-0.05, 0) is 32.0 Å². The minimum absolute atomic E-state index is 0.0180. The highest BCUT2D eigenvalue weighted by molar-refractivity contribution is 7.91. The van der Waals surface area contributed by atoms with Gasteiger partial charge in [0.1, 0.15) is 30.1 Å². The fourth-order valence-corrected chi connectivity index (χ4v) is 4.12. The first-order chi connectivity index (χ1) is 17.0. The lowest BCUT2D eigenvalue weighted by Gasteiger charge is -2.27. The number of aromatic nitrogens is 4. The normalized spacial score (nSPS) is 14.1. The van der Waals surface area contributed by atoms with Crippen molar-refractivity contribution in [1.29, 1.82) is 0 Å². The first-order valence-corrected chi connectivity index (χ1v) is 12.0. The summed E-state index contributed by atoms with van der Waals surface area (Å²) in [5.41, 5.74) is 5.80. The third-order valence-electron chi connectivity index (χ3n) is 4.93. The largest absolute Gasteiger partial charge is 0.490 e. The van der Waals surface area contributed by atoms with Crippen molar-refractivity contribution in [3.05, 3.63) is 59.9 Å². The molecule has 0 aliphatic carbocycles. The minimum Gasteiger partial charge on any atom is -0.490 e. The van der Waals surface area contributed by atoms with Gasteiger partial charge in [0, 0.05) is 19.4 Å². The monoisotopic (exact) mass is 513 g/mol. The predicted octanol–water partition coefficient (Wildman–Crippen LogP) is -0.0151. The van der Waals surface area contributed by atoms with E-state index in [0.29, 0.717) is 11.3 Å². The standard InChI is InChI=1S/C21H23N9O5S/c1-21(2,10-35-15-6-4-5-12-16(15)17(22)29-36(33,34)28-12)27-19(32)13-7-8-24-20(26-13)30-9-14(25-11-30)18(31)23-3/h4-9,11,28H,10H2,1-3H3,(H2,22,29)(H,23,31)(H,27,32). The Kier molecular flexibility index (Phi) is 6.32. The maximum absolute atomic E-state index is 12.9. The van der Waals surface area contributed by atoms with Gasteiger partial charge >= 0.3 is 10.2 Å². The number of fused-ring (bicyclic) bond motifs is 1. The molecule has 0 unspecified atom stereocenters. The van der Waals surface area contributed by atoms with Crippen molar-refractivity contribution < 1.29 is 22.7 Å². The van der Waals surface area contributed by atoms with Crippen molar-refractivity contribution in [3.63, 3.8) is 0 Å². The number of imidazole rings is 1. The number of nitrogens with two attached hydrogens (primary N) is 1. The van der Waals surface area contributed by atoms with Gasteiger partial charge in [-0.3, -0.25) is 18.9 Å². The van der Waals surface area contributed by atoms with Crippen molar-refractivity contribution in [3.8, 4) is 11.7 Å². The zero-order valence-electron chi connectivity index (χ0n) is 19.5. The Hall–Kier alpha value is -4.53. The van der Waals surface area contributed by atoms with Crippen LogP contribution in [0.25, 0.3) is 5.95 Å². The van der Waals surface area contributed by atoms with E-state index in [9.17, 15) is 18.0 Å². The molecule has 36 heavy (non-hydrogen) atoms. The number of carbonyl (C=O) groups is 2. The van der Waals surface area contributed by atoms with Gasteiger partial charge in [0.25, 0.3) is 11.8 Å². The average Bonchev–Trinajstić information content (AvgIpc) is 3.31. The molecule has 3 heterocycles. The fraction of sp³-hybridized carbons (Fsp3) is 0.238. The van der Waals surface area contributed by atoms with E-state index in [0.717, 1.165) is 0 Å². The van der Waals surface area contributed by atoms with Crippen LogP contribution in [0.2, 0.25) is 0 Å². The molecule has 14 nitrogen and oxygen atoms in total. The molecule has 15 heteroatoms. The lowest BCUT2D eigenvalue weighted by molar-refractivity contribution is 0.0874. The lowest BCUT2D eigenvalue weighted by Crippen LogP contribution is -2.48. The van der Waals surface area contributed by atoms with Gasteiger partial charge in [-0.25, -0.2) is 15.0 Å². The van der Waals surface area contributed by atoms with Gasteiger partial charge in [-0.1, -0.05) is 6.07 Å². The van der Waals surface area contributed by atoms with E-state index in [2.05, 4.69) is 34.7 Å². The summed E-state index contributed by atoms with van der Waals surface area (Å²) < 4.78 is 36.6. The summed E-state index contributed by atoms with van der Waals surface area (Å²) in [5.74, 6) is -0.589. The molecule has 4 rings (SSSR count). The Morgan fingerprint density at radius 3 is 2.69 bits per heavy atom. The Labute approximate surface area is 206 Å². The predicted molar refractivity (Wildman–Crippen MR) is 129 cm³/mol. The molecule has 188 valence electrons. The van der Waals surface area contributed by atoms with Crippen LogP contribution in [0.3, 0.4) is 0 Å².